The van der Waals surface area contributed by atoms with Gasteiger partial charge in [0, 0.05) is 25.2 Å². The van der Waals surface area contributed by atoms with E-state index in [4.69, 9.17) is 5.73 Å². The van der Waals surface area contributed by atoms with Gasteiger partial charge in [0.15, 0.2) is 0 Å². The van der Waals surface area contributed by atoms with E-state index in [1.807, 2.05) is 17.9 Å². The van der Waals surface area contributed by atoms with Crippen molar-refractivity contribution in [2.45, 2.75) is 44.1 Å². The smallest absolute Gasteiger partial charge is 0.0642 e. The fourth-order valence-corrected chi connectivity index (χ4v) is 2.35. The standard InChI is InChI=1S/C11H19N3/c1-14-8-5-10(13-14)9-11(12)6-3-2-4-7-11/h5,8H,2-4,6-7,9,12H2,1H3. The highest BCUT2D eigenvalue weighted by atomic mass is 15.2. The summed E-state index contributed by atoms with van der Waals surface area (Å²) in [6.07, 6.45) is 9.15. The molecule has 1 saturated carbocycles. The van der Waals surface area contributed by atoms with E-state index in [1.165, 1.54) is 19.3 Å². The molecule has 0 spiro atoms. The first-order valence-corrected chi connectivity index (χ1v) is 5.45. The third-order valence-corrected chi connectivity index (χ3v) is 3.15. The molecule has 0 radical (unpaired) electrons. The van der Waals surface area contributed by atoms with E-state index in [1.54, 1.807) is 0 Å². The second-order valence-electron chi connectivity index (χ2n) is 4.58. The summed E-state index contributed by atoms with van der Waals surface area (Å²) in [5.74, 6) is 0. The molecule has 0 saturated heterocycles. The van der Waals surface area contributed by atoms with Crippen LogP contribution >= 0.6 is 0 Å². The Labute approximate surface area is 85.3 Å². The Morgan fingerprint density at radius 3 is 2.71 bits per heavy atom. The van der Waals surface area contributed by atoms with Crippen molar-refractivity contribution in [3.8, 4) is 0 Å². The highest BCUT2D eigenvalue weighted by Crippen LogP contribution is 2.28. The van der Waals surface area contributed by atoms with Crippen molar-refractivity contribution in [2.75, 3.05) is 0 Å². The van der Waals surface area contributed by atoms with Gasteiger partial charge in [0.2, 0.25) is 0 Å². The first kappa shape index (κ1) is 9.71. The number of nitrogens with two attached hydrogens (primary N) is 1. The summed E-state index contributed by atoms with van der Waals surface area (Å²) >= 11 is 0. The number of hydrogen-bond donors (Lipinski definition) is 1. The van der Waals surface area contributed by atoms with Crippen LogP contribution in [0.25, 0.3) is 0 Å². The lowest BCUT2D eigenvalue weighted by atomic mass is 9.79. The molecule has 0 aliphatic heterocycles. The fraction of sp³-hybridized carbons (Fsp3) is 0.727. The van der Waals surface area contributed by atoms with E-state index in [9.17, 15) is 0 Å². The van der Waals surface area contributed by atoms with Crippen LogP contribution in [-0.4, -0.2) is 15.3 Å². The Morgan fingerprint density at radius 2 is 2.14 bits per heavy atom. The Bertz CT molecular complexity index is 297. The maximum absolute atomic E-state index is 6.35. The molecule has 0 unspecified atom stereocenters. The zero-order chi connectivity index (χ0) is 10.0. The second-order valence-corrected chi connectivity index (χ2v) is 4.58. The Morgan fingerprint density at radius 1 is 1.43 bits per heavy atom. The fourth-order valence-electron chi connectivity index (χ4n) is 2.35. The zero-order valence-electron chi connectivity index (χ0n) is 8.87. The van der Waals surface area contributed by atoms with Crippen LogP contribution in [0.4, 0.5) is 0 Å². The normalized spacial score (nSPS) is 21.0. The van der Waals surface area contributed by atoms with E-state index in [0.29, 0.717) is 0 Å². The molecule has 1 aromatic heterocycles. The Hall–Kier alpha value is -0.830. The summed E-state index contributed by atoms with van der Waals surface area (Å²) in [6, 6.07) is 2.07. The minimum absolute atomic E-state index is 0.0204. The number of hydrogen-bond acceptors (Lipinski definition) is 2. The zero-order valence-corrected chi connectivity index (χ0v) is 8.87. The second kappa shape index (κ2) is 3.73. The SMILES string of the molecule is Cn1ccc(CC2(N)CCCCC2)n1. The van der Waals surface area contributed by atoms with Crippen LogP contribution < -0.4 is 5.73 Å². The van der Waals surface area contributed by atoms with Crippen molar-refractivity contribution in [3.05, 3.63) is 18.0 Å². The van der Waals surface area contributed by atoms with E-state index in [0.717, 1.165) is 25.0 Å². The van der Waals surface area contributed by atoms with Gasteiger partial charge in [-0.25, -0.2) is 0 Å². The third kappa shape index (κ3) is 2.15. The van der Waals surface area contributed by atoms with Crippen LogP contribution in [0.3, 0.4) is 0 Å². The summed E-state index contributed by atoms with van der Waals surface area (Å²) in [6.45, 7) is 0. The molecule has 1 aliphatic rings. The molecule has 2 rings (SSSR count). The molecule has 1 aliphatic carbocycles. The summed E-state index contributed by atoms with van der Waals surface area (Å²) in [4.78, 5) is 0. The van der Waals surface area contributed by atoms with Crippen molar-refractivity contribution in [1.82, 2.24) is 9.78 Å². The number of nitrogens with zero attached hydrogens (tertiary/aromatic N) is 2. The largest absolute Gasteiger partial charge is 0.325 e. The van der Waals surface area contributed by atoms with Gasteiger partial charge in [-0.05, 0) is 18.9 Å². The lowest BCUT2D eigenvalue weighted by molar-refractivity contribution is 0.291. The van der Waals surface area contributed by atoms with Gasteiger partial charge in [0.25, 0.3) is 0 Å². The predicted molar refractivity (Wildman–Crippen MR) is 56.9 cm³/mol. The van der Waals surface area contributed by atoms with Crippen LogP contribution in [0.15, 0.2) is 12.3 Å². The van der Waals surface area contributed by atoms with E-state index < -0.39 is 0 Å². The van der Waals surface area contributed by atoms with E-state index in [2.05, 4.69) is 11.2 Å². The minimum Gasteiger partial charge on any atom is -0.325 e. The number of aromatic nitrogens is 2. The topological polar surface area (TPSA) is 43.8 Å². The first-order valence-electron chi connectivity index (χ1n) is 5.45. The van der Waals surface area contributed by atoms with Crippen molar-refractivity contribution in [3.63, 3.8) is 0 Å². The molecule has 3 nitrogen and oxygen atoms in total. The van der Waals surface area contributed by atoms with Gasteiger partial charge in [-0.3, -0.25) is 4.68 Å². The summed E-state index contributed by atoms with van der Waals surface area (Å²) in [5.41, 5.74) is 7.51. The lowest BCUT2D eigenvalue weighted by Gasteiger charge is -2.32. The predicted octanol–water partition coefficient (Wildman–Crippen LogP) is 1.62. The van der Waals surface area contributed by atoms with Gasteiger partial charge in [-0.15, -0.1) is 0 Å². The minimum atomic E-state index is 0.0204. The molecule has 14 heavy (non-hydrogen) atoms. The maximum Gasteiger partial charge on any atom is 0.0642 e. The lowest BCUT2D eigenvalue weighted by Crippen LogP contribution is -2.43. The van der Waals surface area contributed by atoms with E-state index in [-0.39, 0.29) is 5.54 Å². The number of aryl methyl sites for hydroxylation is 1. The molecular weight excluding hydrogens is 174 g/mol. The average Bonchev–Trinajstić information content (AvgIpc) is 2.51. The molecule has 0 aromatic carbocycles. The van der Waals surface area contributed by atoms with Gasteiger partial charge in [0.1, 0.15) is 0 Å². The Kier molecular flexibility index (Phi) is 2.59. The van der Waals surface area contributed by atoms with Gasteiger partial charge in [0.05, 0.1) is 5.69 Å². The van der Waals surface area contributed by atoms with Crippen molar-refractivity contribution >= 4 is 0 Å². The summed E-state index contributed by atoms with van der Waals surface area (Å²) in [7, 11) is 1.95. The molecule has 1 fully saturated rings. The molecule has 0 bridgehead atoms. The Balaban J connectivity index is 2.01. The third-order valence-electron chi connectivity index (χ3n) is 3.15. The first-order chi connectivity index (χ1) is 6.68. The summed E-state index contributed by atoms with van der Waals surface area (Å²) in [5, 5.41) is 4.39. The molecular formula is C11H19N3. The van der Waals surface area contributed by atoms with Crippen LogP contribution in [0.1, 0.15) is 37.8 Å². The van der Waals surface area contributed by atoms with Gasteiger partial charge in [-0.1, -0.05) is 19.3 Å². The quantitative estimate of drug-likeness (QED) is 0.775. The van der Waals surface area contributed by atoms with Gasteiger partial charge >= 0.3 is 0 Å². The van der Waals surface area contributed by atoms with Gasteiger partial charge in [-0.2, -0.15) is 5.10 Å². The maximum atomic E-state index is 6.35. The average molecular weight is 193 g/mol. The molecule has 1 heterocycles. The molecule has 0 atom stereocenters. The van der Waals surface area contributed by atoms with Gasteiger partial charge < -0.3 is 5.73 Å². The monoisotopic (exact) mass is 193 g/mol. The van der Waals surface area contributed by atoms with Crippen LogP contribution in [0.2, 0.25) is 0 Å². The molecule has 3 heteroatoms. The van der Waals surface area contributed by atoms with Crippen LogP contribution in [0.5, 0.6) is 0 Å². The van der Waals surface area contributed by atoms with E-state index >= 15 is 0 Å². The van der Waals surface area contributed by atoms with Crippen LogP contribution in [-0.2, 0) is 13.5 Å². The molecule has 2 N–H and O–H groups in total. The highest BCUT2D eigenvalue weighted by Gasteiger charge is 2.28. The molecule has 1 aromatic rings. The summed E-state index contributed by atoms with van der Waals surface area (Å²) < 4.78 is 1.85. The molecule has 78 valence electrons. The van der Waals surface area contributed by atoms with Crippen LogP contribution in [0, 0.1) is 0 Å². The number of rotatable bonds is 2. The van der Waals surface area contributed by atoms with Crippen molar-refractivity contribution < 1.29 is 0 Å². The molecule has 0 amide bonds. The highest BCUT2D eigenvalue weighted by molar-refractivity contribution is 5.06. The van der Waals surface area contributed by atoms with Crippen molar-refractivity contribution in [1.29, 1.82) is 0 Å². The van der Waals surface area contributed by atoms with Crippen molar-refractivity contribution in [2.24, 2.45) is 12.8 Å².